The van der Waals surface area contributed by atoms with Crippen LogP contribution in [-0.2, 0) is 4.74 Å². The normalized spacial score (nSPS) is 10.3. The summed E-state index contributed by atoms with van der Waals surface area (Å²) in [6.45, 7) is 4.64. The van der Waals surface area contributed by atoms with Crippen LogP contribution in [0.1, 0.15) is 31.8 Å². The molecule has 0 atom stereocenters. The van der Waals surface area contributed by atoms with Gasteiger partial charge in [-0.1, -0.05) is 24.3 Å². The standard InChI is InChI=1S/C19H22N2O3/c1-13-8-9-16(18(22)20-10-11-24-3)17(12-13)21-19(23)15-7-5-4-6-14(15)2/h4-9,12H,10-11H2,1-3H3,(H,20,22)(H,21,23). The third-order valence-electron chi connectivity index (χ3n) is 3.65. The number of methoxy groups -OCH3 is 1. The van der Waals surface area contributed by atoms with Gasteiger partial charge in [0.05, 0.1) is 17.9 Å². The maximum Gasteiger partial charge on any atom is 0.255 e. The fourth-order valence-electron chi connectivity index (χ4n) is 2.34. The number of ether oxygens (including phenoxy) is 1. The molecule has 24 heavy (non-hydrogen) atoms. The van der Waals surface area contributed by atoms with Gasteiger partial charge in [0.1, 0.15) is 0 Å². The summed E-state index contributed by atoms with van der Waals surface area (Å²) in [5, 5.41) is 5.62. The van der Waals surface area contributed by atoms with Crippen molar-refractivity contribution in [3.8, 4) is 0 Å². The Labute approximate surface area is 142 Å². The highest BCUT2D eigenvalue weighted by molar-refractivity contribution is 6.09. The fraction of sp³-hybridized carbons (Fsp3) is 0.263. The number of carbonyl (C=O) groups excluding carboxylic acids is 2. The monoisotopic (exact) mass is 326 g/mol. The zero-order chi connectivity index (χ0) is 17.5. The second-order valence-electron chi connectivity index (χ2n) is 5.57. The zero-order valence-electron chi connectivity index (χ0n) is 14.2. The molecule has 126 valence electrons. The summed E-state index contributed by atoms with van der Waals surface area (Å²) in [5.74, 6) is -0.475. The molecule has 2 N–H and O–H groups in total. The predicted octanol–water partition coefficient (Wildman–Crippen LogP) is 2.93. The molecule has 0 bridgehead atoms. The van der Waals surface area contributed by atoms with Crippen LogP contribution in [-0.4, -0.2) is 32.1 Å². The molecule has 0 aromatic heterocycles. The lowest BCUT2D eigenvalue weighted by molar-refractivity contribution is 0.0938. The highest BCUT2D eigenvalue weighted by atomic mass is 16.5. The van der Waals surface area contributed by atoms with Crippen molar-refractivity contribution in [2.24, 2.45) is 0 Å². The maximum atomic E-state index is 12.5. The minimum Gasteiger partial charge on any atom is -0.383 e. The Morgan fingerprint density at radius 2 is 1.75 bits per heavy atom. The summed E-state index contributed by atoms with van der Waals surface area (Å²) in [7, 11) is 1.58. The van der Waals surface area contributed by atoms with Gasteiger partial charge >= 0.3 is 0 Å². The van der Waals surface area contributed by atoms with Crippen LogP contribution in [0, 0.1) is 13.8 Å². The van der Waals surface area contributed by atoms with Crippen LogP contribution in [0.25, 0.3) is 0 Å². The molecule has 0 unspecified atom stereocenters. The van der Waals surface area contributed by atoms with Crippen molar-refractivity contribution in [1.29, 1.82) is 0 Å². The summed E-state index contributed by atoms with van der Waals surface area (Å²) in [6.07, 6.45) is 0. The van der Waals surface area contributed by atoms with Crippen LogP contribution in [0.2, 0.25) is 0 Å². The van der Waals surface area contributed by atoms with E-state index in [1.54, 1.807) is 25.3 Å². The van der Waals surface area contributed by atoms with E-state index in [-0.39, 0.29) is 11.8 Å². The first kappa shape index (κ1) is 17.7. The summed E-state index contributed by atoms with van der Waals surface area (Å²) >= 11 is 0. The van der Waals surface area contributed by atoms with Crippen LogP contribution in [0.3, 0.4) is 0 Å². The van der Waals surface area contributed by atoms with Gasteiger partial charge in [0.2, 0.25) is 0 Å². The van der Waals surface area contributed by atoms with E-state index >= 15 is 0 Å². The Hall–Kier alpha value is -2.66. The first-order valence-electron chi connectivity index (χ1n) is 7.77. The number of anilines is 1. The quantitative estimate of drug-likeness (QED) is 0.802. The van der Waals surface area contributed by atoms with E-state index in [9.17, 15) is 9.59 Å². The predicted molar refractivity (Wildman–Crippen MR) is 94.5 cm³/mol. The van der Waals surface area contributed by atoms with E-state index in [0.717, 1.165) is 11.1 Å². The third-order valence-corrected chi connectivity index (χ3v) is 3.65. The van der Waals surface area contributed by atoms with Gasteiger partial charge < -0.3 is 15.4 Å². The molecule has 0 aliphatic heterocycles. The molecule has 0 heterocycles. The van der Waals surface area contributed by atoms with Crippen molar-refractivity contribution < 1.29 is 14.3 Å². The highest BCUT2D eigenvalue weighted by Crippen LogP contribution is 2.19. The SMILES string of the molecule is COCCNC(=O)c1ccc(C)cc1NC(=O)c1ccccc1C. The molecule has 5 nitrogen and oxygen atoms in total. The summed E-state index contributed by atoms with van der Waals surface area (Å²) in [4.78, 5) is 24.8. The number of nitrogens with one attached hydrogen (secondary N) is 2. The van der Waals surface area contributed by atoms with Crippen LogP contribution in [0.4, 0.5) is 5.69 Å². The molecular formula is C19H22N2O3. The lowest BCUT2D eigenvalue weighted by atomic mass is 10.1. The third kappa shape index (κ3) is 4.43. The van der Waals surface area contributed by atoms with Gasteiger partial charge in [-0.25, -0.2) is 0 Å². The second-order valence-corrected chi connectivity index (χ2v) is 5.57. The van der Waals surface area contributed by atoms with Gasteiger partial charge in [0, 0.05) is 19.2 Å². The van der Waals surface area contributed by atoms with Crippen molar-refractivity contribution >= 4 is 17.5 Å². The van der Waals surface area contributed by atoms with E-state index < -0.39 is 0 Å². The minimum absolute atomic E-state index is 0.232. The van der Waals surface area contributed by atoms with E-state index in [1.165, 1.54) is 0 Å². The van der Waals surface area contributed by atoms with E-state index in [0.29, 0.717) is 30.0 Å². The van der Waals surface area contributed by atoms with Gasteiger partial charge in [0.25, 0.3) is 11.8 Å². The highest BCUT2D eigenvalue weighted by Gasteiger charge is 2.15. The number of benzene rings is 2. The topological polar surface area (TPSA) is 67.4 Å². The summed E-state index contributed by atoms with van der Waals surface area (Å²) in [6, 6.07) is 12.7. The molecule has 0 fully saturated rings. The van der Waals surface area contributed by atoms with Gasteiger partial charge in [-0.05, 0) is 43.2 Å². The Balaban J connectivity index is 2.23. The van der Waals surface area contributed by atoms with Crippen LogP contribution < -0.4 is 10.6 Å². The smallest absolute Gasteiger partial charge is 0.255 e. The molecule has 2 aromatic carbocycles. The number of amides is 2. The van der Waals surface area contributed by atoms with Crippen LogP contribution >= 0.6 is 0 Å². The van der Waals surface area contributed by atoms with Gasteiger partial charge in [-0.2, -0.15) is 0 Å². The molecule has 0 saturated heterocycles. The van der Waals surface area contributed by atoms with Gasteiger partial charge in [0.15, 0.2) is 0 Å². The lowest BCUT2D eigenvalue weighted by Crippen LogP contribution is -2.28. The first-order valence-corrected chi connectivity index (χ1v) is 7.77. The number of rotatable bonds is 6. The molecule has 0 aliphatic carbocycles. The molecule has 0 radical (unpaired) electrons. The van der Waals surface area contributed by atoms with Crippen molar-refractivity contribution in [3.63, 3.8) is 0 Å². The first-order chi connectivity index (χ1) is 11.5. The largest absolute Gasteiger partial charge is 0.383 e. The zero-order valence-corrected chi connectivity index (χ0v) is 14.2. The van der Waals surface area contributed by atoms with Crippen molar-refractivity contribution in [2.75, 3.05) is 25.6 Å². The number of carbonyl (C=O) groups is 2. The van der Waals surface area contributed by atoms with Crippen LogP contribution in [0.5, 0.6) is 0 Å². The van der Waals surface area contributed by atoms with Crippen molar-refractivity contribution in [1.82, 2.24) is 5.32 Å². The average Bonchev–Trinajstić information content (AvgIpc) is 2.55. The van der Waals surface area contributed by atoms with Gasteiger partial charge in [-0.15, -0.1) is 0 Å². The minimum atomic E-state index is -0.243. The molecule has 5 heteroatoms. The van der Waals surface area contributed by atoms with E-state index in [2.05, 4.69) is 10.6 Å². The lowest BCUT2D eigenvalue weighted by Gasteiger charge is -2.13. The second kappa shape index (κ2) is 8.26. The molecule has 0 aliphatic rings. The van der Waals surface area contributed by atoms with E-state index in [4.69, 9.17) is 4.74 Å². The molecule has 0 spiro atoms. The van der Waals surface area contributed by atoms with E-state index in [1.807, 2.05) is 38.1 Å². The molecule has 2 amide bonds. The summed E-state index contributed by atoms with van der Waals surface area (Å²) < 4.78 is 4.93. The number of hydrogen-bond donors (Lipinski definition) is 2. The Morgan fingerprint density at radius 3 is 2.46 bits per heavy atom. The molecule has 2 aromatic rings. The maximum absolute atomic E-state index is 12.5. The Kier molecular flexibility index (Phi) is 6.09. The molecule has 0 saturated carbocycles. The molecular weight excluding hydrogens is 304 g/mol. The Morgan fingerprint density at radius 1 is 1.00 bits per heavy atom. The fourth-order valence-corrected chi connectivity index (χ4v) is 2.34. The summed E-state index contributed by atoms with van der Waals surface area (Å²) in [5.41, 5.74) is 3.36. The average molecular weight is 326 g/mol. The number of hydrogen-bond acceptors (Lipinski definition) is 3. The van der Waals surface area contributed by atoms with Crippen molar-refractivity contribution in [3.05, 3.63) is 64.7 Å². The Bertz CT molecular complexity index is 741. The van der Waals surface area contributed by atoms with Crippen molar-refractivity contribution in [2.45, 2.75) is 13.8 Å². The van der Waals surface area contributed by atoms with Crippen LogP contribution in [0.15, 0.2) is 42.5 Å². The molecule has 2 rings (SSSR count). The van der Waals surface area contributed by atoms with Gasteiger partial charge in [-0.3, -0.25) is 9.59 Å². The number of aryl methyl sites for hydroxylation is 2.